The molecule has 4 rings (SSSR count). The minimum atomic E-state index is -2.12. The van der Waals surface area contributed by atoms with Gasteiger partial charge >= 0.3 is 0 Å². The maximum atomic E-state index is 6.12. The highest BCUT2D eigenvalue weighted by atomic mass is 28.3. The first-order valence-electron chi connectivity index (χ1n) is 9.59. The molecule has 1 heterocycles. The Labute approximate surface area is 163 Å². The molecule has 0 N–H and O–H groups in total. The van der Waals surface area contributed by atoms with E-state index in [9.17, 15) is 0 Å². The van der Waals surface area contributed by atoms with Gasteiger partial charge in [-0.15, -0.1) is 0 Å². The van der Waals surface area contributed by atoms with E-state index in [1.807, 2.05) is 7.11 Å². The number of ether oxygens (including phenoxy) is 1. The van der Waals surface area contributed by atoms with E-state index in [-0.39, 0.29) is 5.60 Å². The Bertz CT molecular complexity index is 879. The van der Waals surface area contributed by atoms with Gasteiger partial charge in [-0.2, -0.15) is 0 Å². The van der Waals surface area contributed by atoms with Crippen LogP contribution in [-0.4, -0.2) is 20.8 Å². The van der Waals surface area contributed by atoms with Crippen LogP contribution in [0.1, 0.15) is 18.9 Å². The summed E-state index contributed by atoms with van der Waals surface area (Å²) in [6, 6.07) is 34.0. The van der Waals surface area contributed by atoms with E-state index in [1.54, 1.807) is 0 Å². The Morgan fingerprint density at radius 1 is 0.741 bits per heavy atom. The van der Waals surface area contributed by atoms with Crippen LogP contribution in [0.4, 0.5) is 0 Å². The topological polar surface area (TPSA) is 9.23 Å². The van der Waals surface area contributed by atoms with Gasteiger partial charge in [0.1, 0.15) is 8.07 Å². The second kappa shape index (κ2) is 7.30. The quantitative estimate of drug-likeness (QED) is 0.606. The lowest BCUT2D eigenvalue weighted by atomic mass is 9.93. The van der Waals surface area contributed by atoms with Gasteiger partial charge in [0.25, 0.3) is 0 Å². The summed E-state index contributed by atoms with van der Waals surface area (Å²) in [6.07, 6.45) is 0.946. The zero-order valence-corrected chi connectivity index (χ0v) is 17.1. The molecule has 1 unspecified atom stereocenters. The van der Waals surface area contributed by atoms with E-state index in [1.165, 1.54) is 21.5 Å². The number of rotatable bonds is 4. The predicted molar refractivity (Wildman–Crippen MR) is 117 cm³/mol. The minimum Gasteiger partial charge on any atom is -0.378 e. The molecule has 0 saturated heterocycles. The first-order chi connectivity index (χ1) is 13.2. The summed E-state index contributed by atoms with van der Waals surface area (Å²) in [4.78, 5) is 0. The third-order valence-electron chi connectivity index (χ3n) is 5.85. The highest BCUT2D eigenvalue weighted by Gasteiger charge is 2.46. The van der Waals surface area contributed by atoms with E-state index in [0.29, 0.717) is 0 Å². The molecule has 3 aromatic carbocycles. The van der Waals surface area contributed by atoms with E-state index in [2.05, 4.69) is 104 Å². The van der Waals surface area contributed by atoms with Gasteiger partial charge in [0.2, 0.25) is 0 Å². The Morgan fingerprint density at radius 2 is 1.22 bits per heavy atom. The van der Waals surface area contributed by atoms with Gasteiger partial charge in [0.15, 0.2) is 0 Å². The van der Waals surface area contributed by atoms with Crippen molar-refractivity contribution in [1.82, 2.24) is 0 Å². The summed E-state index contributed by atoms with van der Waals surface area (Å²) >= 11 is 0. The molecule has 0 aliphatic carbocycles. The van der Waals surface area contributed by atoms with Gasteiger partial charge in [0, 0.05) is 13.5 Å². The average molecular weight is 371 g/mol. The van der Waals surface area contributed by atoms with Crippen molar-refractivity contribution in [3.63, 3.8) is 0 Å². The highest BCUT2D eigenvalue weighted by molar-refractivity contribution is 7.06. The van der Waals surface area contributed by atoms with Crippen molar-refractivity contribution in [2.75, 3.05) is 7.11 Å². The largest absolute Gasteiger partial charge is 0.378 e. The number of hydrogen-bond donors (Lipinski definition) is 0. The summed E-state index contributed by atoms with van der Waals surface area (Å²) in [5.74, 6) is 0. The molecule has 27 heavy (non-hydrogen) atoms. The van der Waals surface area contributed by atoms with Crippen LogP contribution in [0.5, 0.6) is 0 Å². The van der Waals surface area contributed by atoms with Crippen molar-refractivity contribution in [2.24, 2.45) is 0 Å². The molecule has 3 aromatic rings. The molecule has 1 atom stereocenters. The monoisotopic (exact) mass is 370 g/mol. The van der Waals surface area contributed by atoms with E-state index in [4.69, 9.17) is 4.74 Å². The highest BCUT2D eigenvalue weighted by Crippen LogP contribution is 2.40. The first-order valence-corrected chi connectivity index (χ1v) is 11.9. The van der Waals surface area contributed by atoms with Crippen molar-refractivity contribution < 1.29 is 4.74 Å². The zero-order chi connectivity index (χ0) is 18.7. The van der Waals surface area contributed by atoms with Crippen molar-refractivity contribution in [3.8, 4) is 0 Å². The Hall–Kier alpha value is -2.42. The first kappa shape index (κ1) is 18.0. The summed E-state index contributed by atoms with van der Waals surface area (Å²) < 4.78 is 6.12. The number of hydrogen-bond acceptors (Lipinski definition) is 1. The molecule has 0 radical (unpaired) electrons. The van der Waals surface area contributed by atoms with Crippen molar-refractivity contribution in [2.45, 2.75) is 25.0 Å². The van der Waals surface area contributed by atoms with Crippen LogP contribution in [0.15, 0.2) is 96.7 Å². The molecule has 1 aliphatic heterocycles. The average Bonchev–Trinajstić information content (AvgIpc) is 2.75. The van der Waals surface area contributed by atoms with Gasteiger partial charge in [-0.05, 0) is 34.5 Å². The van der Waals surface area contributed by atoms with E-state index < -0.39 is 8.07 Å². The molecular formula is C25H26OSi. The molecule has 1 aliphatic rings. The third kappa shape index (κ3) is 3.43. The van der Waals surface area contributed by atoms with Gasteiger partial charge in [0.05, 0.1) is 5.60 Å². The van der Waals surface area contributed by atoms with Gasteiger partial charge in [-0.25, -0.2) is 0 Å². The second-order valence-corrected chi connectivity index (χ2v) is 11.5. The van der Waals surface area contributed by atoms with Crippen LogP contribution in [0, 0.1) is 0 Å². The molecule has 0 bridgehead atoms. The summed E-state index contributed by atoms with van der Waals surface area (Å²) in [7, 11) is -0.260. The fourth-order valence-electron chi connectivity index (χ4n) is 4.45. The van der Waals surface area contributed by atoms with Gasteiger partial charge in [-0.1, -0.05) is 96.7 Å². The molecule has 136 valence electrons. The van der Waals surface area contributed by atoms with Crippen molar-refractivity contribution in [3.05, 3.63) is 102 Å². The number of methoxy groups -OCH3 is 1. The lowest BCUT2D eigenvalue weighted by Gasteiger charge is -2.44. The normalized spacial score (nSPS) is 21.5. The molecule has 0 saturated carbocycles. The van der Waals surface area contributed by atoms with E-state index in [0.717, 1.165) is 12.5 Å². The molecule has 0 fully saturated rings. The Morgan fingerprint density at radius 3 is 1.70 bits per heavy atom. The SMILES string of the molecule is COC1(C)CC(c2ccccc2)=C[Si](c2ccccc2)(c2ccccc2)C1. The van der Waals surface area contributed by atoms with Crippen LogP contribution in [-0.2, 0) is 4.74 Å². The Kier molecular flexibility index (Phi) is 4.86. The minimum absolute atomic E-state index is 0.169. The molecule has 0 aromatic heterocycles. The summed E-state index contributed by atoms with van der Waals surface area (Å²) in [5.41, 5.74) is 5.17. The second-order valence-electron chi connectivity index (χ2n) is 7.75. The number of benzene rings is 3. The fraction of sp³-hybridized carbons (Fsp3) is 0.200. The molecule has 0 amide bonds. The lowest BCUT2D eigenvalue weighted by Crippen LogP contribution is -2.62. The van der Waals surface area contributed by atoms with Crippen molar-refractivity contribution in [1.29, 1.82) is 0 Å². The van der Waals surface area contributed by atoms with Gasteiger partial charge in [-0.3, -0.25) is 0 Å². The fourth-order valence-corrected chi connectivity index (χ4v) is 9.51. The van der Waals surface area contributed by atoms with Gasteiger partial charge < -0.3 is 4.74 Å². The van der Waals surface area contributed by atoms with Crippen LogP contribution in [0.2, 0.25) is 6.04 Å². The Balaban J connectivity index is 1.98. The molecule has 0 spiro atoms. The molecule has 2 heteroatoms. The smallest absolute Gasteiger partial charge is 0.144 e. The lowest BCUT2D eigenvalue weighted by molar-refractivity contribution is 0.0258. The molecule has 1 nitrogen and oxygen atoms in total. The summed E-state index contributed by atoms with van der Waals surface area (Å²) in [5, 5.41) is 2.90. The standard InChI is InChI=1S/C25H26OSi/c1-25(26-2)18-22(21-12-6-3-7-13-21)19-27(20-25,23-14-8-4-9-15-23)24-16-10-5-11-17-24/h3-17,19H,18,20H2,1-2H3. The van der Waals surface area contributed by atoms with Crippen LogP contribution >= 0.6 is 0 Å². The molecular weight excluding hydrogens is 344 g/mol. The zero-order valence-electron chi connectivity index (χ0n) is 16.1. The maximum absolute atomic E-state index is 6.12. The predicted octanol–water partition coefficient (Wildman–Crippen LogP) is 4.68. The van der Waals surface area contributed by atoms with Crippen LogP contribution in [0.3, 0.4) is 0 Å². The van der Waals surface area contributed by atoms with Crippen LogP contribution in [0.25, 0.3) is 5.57 Å². The maximum Gasteiger partial charge on any atom is 0.144 e. The third-order valence-corrected chi connectivity index (χ3v) is 10.7. The summed E-state index contributed by atoms with van der Waals surface area (Å²) in [6.45, 7) is 2.27. The van der Waals surface area contributed by atoms with Crippen molar-refractivity contribution >= 4 is 24.0 Å². The van der Waals surface area contributed by atoms with E-state index >= 15 is 0 Å². The van der Waals surface area contributed by atoms with Crippen LogP contribution < -0.4 is 10.4 Å².